The zero-order valence-electron chi connectivity index (χ0n) is 22.1. The molecule has 0 aliphatic rings. The van der Waals surface area contributed by atoms with Crippen LogP contribution in [-0.2, 0) is 32.6 Å². The number of nitrogens with one attached hydrogen (secondary N) is 1. The lowest BCUT2D eigenvalue weighted by molar-refractivity contribution is -0.139. The Labute approximate surface area is 230 Å². The van der Waals surface area contributed by atoms with Crippen LogP contribution in [0.3, 0.4) is 0 Å². The largest absolute Gasteiger partial charge is 0.352 e. The van der Waals surface area contributed by atoms with Crippen LogP contribution in [0.2, 0.25) is 5.02 Å². The van der Waals surface area contributed by atoms with Gasteiger partial charge in [-0.1, -0.05) is 61.0 Å². The number of nitrogens with zero attached hydrogens (tertiary/aromatic N) is 2. The Bertz CT molecular complexity index is 1350. The maximum absolute atomic E-state index is 13.9. The van der Waals surface area contributed by atoms with Gasteiger partial charge < -0.3 is 10.2 Å². The van der Waals surface area contributed by atoms with Crippen LogP contribution in [-0.4, -0.2) is 43.8 Å². The van der Waals surface area contributed by atoms with Gasteiger partial charge in [-0.2, -0.15) is 0 Å². The Morgan fingerprint density at radius 3 is 2.13 bits per heavy atom. The number of hydrogen-bond donors (Lipinski definition) is 1. The van der Waals surface area contributed by atoms with E-state index in [-0.39, 0.29) is 23.4 Å². The predicted octanol–water partition coefficient (Wildman–Crippen LogP) is 5.04. The number of sulfonamides is 1. The maximum atomic E-state index is 13.9. The Morgan fingerprint density at radius 1 is 0.895 bits per heavy atom. The van der Waals surface area contributed by atoms with E-state index in [0.717, 1.165) is 21.9 Å². The fourth-order valence-corrected chi connectivity index (χ4v) is 5.61. The summed E-state index contributed by atoms with van der Waals surface area (Å²) in [5.74, 6) is -0.851. The normalized spacial score (nSPS) is 12.2. The van der Waals surface area contributed by atoms with E-state index in [2.05, 4.69) is 5.32 Å². The Hall–Kier alpha value is -3.36. The van der Waals surface area contributed by atoms with Crippen molar-refractivity contribution in [3.8, 4) is 0 Å². The average molecular weight is 556 g/mol. The minimum absolute atomic E-state index is 0.0689. The molecule has 0 radical (unpaired) electrons. The highest BCUT2D eigenvalue weighted by Gasteiger charge is 2.32. The molecule has 1 N–H and O–H groups in total. The van der Waals surface area contributed by atoms with Gasteiger partial charge in [-0.15, -0.1) is 0 Å². The highest BCUT2D eigenvalue weighted by Crippen LogP contribution is 2.25. The molecule has 0 spiro atoms. The van der Waals surface area contributed by atoms with E-state index in [0.29, 0.717) is 10.7 Å². The minimum Gasteiger partial charge on any atom is -0.352 e. The molecule has 0 aliphatic heterocycles. The molecular weight excluding hydrogens is 522 g/mol. The summed E-state index contributed by atoms with van der Waals surface area (Å²) in [4.78, 5) is 28.2. The minimum atomic E-state index is -4.08. The van der Waals surface area contributed by atoms with Crippen LogP contribution in [0.5, 0.6) is 0 Å². The van der Waals surface area contributed by atoms with E-state index >= 15 is 0 Å². The second-order valence-corrected chi connectivity index (χ2v) is 11.6. The van der Waals surface area contributed by atoms with Gasteiger partial charge in [0.05, 0.1) is 10.6 Å². The molecule has 2 amide bonds. The molecule has 0 bridgehead atoms. The van der Waals surface area contributed by atoms with Crippen molar-refractivity contribution in [3.05, 3.63) is 95.0 Å². The van der Waals surface area contributed by atoms with Crippen molar-refractivity contribution in [2.24, 2.45) is 0 Å². The number of aryl methyl sites for hydroxylation is 1. The number of carbonyl (C=O) groups is 2. The van der Waals surface area contributed by atoms with Crippen LogP contribution < -0.4 is 9.62 Å². The standard InChI is InChI=1S/C29H34ClN3O4S/c1-5-23-14-16-26(17-15-23)33(38(36,37)27-12-7-6-8-13-27)20-28(34)32(22(4)29(35)31-21(2)3)19-24-10-9-11-25(30)18-24/h6-18,21-22H,5,19-20H2,1-4H3,(H,31,35). The number of benzene rings is 3. The first-order valence-electron chi connectivity index (χ1n) is 12.5. The van der Waals surface area contributed by atoms with Crippen LogP contribution in [0.25, 0.3) is 0 Å². The number of hydrogen-bond acceptors (Lipinski definition) is 4. The molecule has 38 heavy (non-hydrogen) atoms. The van der Waals surface area contributed by atoms with Crippen LogP contribution >= 0.6 is 11.6 Å². The lowest BCUT2D eigenvalue weighted by Crippen LogP contribution is -2.52. The number of halogens is 1. The summed E-state index contributed by atoms with van der Waals surface area (Å²) in [5, 5.41) is 3.34. The van der Waals surface area contributed by atoms with Crippen LogP contribution in [0.4, 0.5) is 5.69 Å². The first-order valence-corrected chi connectivity index (χ1v) is 14.4. The number of carbonyl (C=O) groups excluding carboxylic acids is 2. The summed E-state index contributed by atoms with van der Waals surface area (Å²) < 4.78 is 28.6. The molecule has 0 fully saturated rings. The Balaban J connectivity index is 2.02. The summed E-state index contributed by atoms with van der Waals surface area (Å²) in [6, 6.07) is 21.1. The summed E-state index contributed by atoms with van der Waals surface area (Å²) >= 11 is 6.17. The van der Waals surface area contributed by atoms with Gasteiger partial charge in [-0.05, 0) is 74.7 Å². The van der Waals surface area contributed by atoms with Crippen molar-refractivity contribution in [2.45, 2.75) is 57.6 Å². The fraction of sp³-hybridized carbons (Fsp3) is 0.310. The third-order valence-electron chi connectivity index (χ3n) is 6.08. The van der Waals surface area contributed by atoms with Gasteiger partial charge in [0, 0.05) is 17.6 Å². The molecule has 202 valence electrons. The van der Waals surface area contributed by atoms with Crippen molar-refractivity contribution in [2.75, 3.05) is 10.8 Å². The molecule has 1 unspecified atom stereocenters. The fourth-order valence-electron chi connectivity index (χ4n) is 3.97. The molecule has 3 rings (SSSR count). The highest BCUT2D eigenvalue weighted by molar-refractivity contribution is 7.92. The van der Waals surface area contributed by atoms with E-state index in [1.54, 1.807) is 61.5 Å². The Morgan fingerprint density at radius 2 is 1.55 bits per heavy atom. The summed E-state index contributed by atoms with van der Waals surface area (Å²) in [6.07, 6.45) is 0.792. The maximum Gasteiger partial charge on any atom is 0.264 e. The lowest BCUT2D eigenvalue weighted by atomic mass is 10.1. The van der Waals surface area contributed by atoms with Gasteiger partial charge in [-0.3, -0.25) is 13.9 Å². The van der Waals surface area contributed by atoms with Crippen LogP contribution in [0, 0.1) is 0 Å². The third kappa shape index (κ3) is 7.36. The number of amides is 2. The van der Waals surface area contributed by atoms with Crippen molar-refractivity contribution in [1.29, 1.82) is 0 Å². The predicted molar refractivity (Wildman–Crippen MR) is 152 cm³/mol. The molecule has 0 saturated heterocycles. The number of anilines is 1. The molecule has 0 heterocycles. The summed E-state index contributed by atoms with van der Waals surface area (Å²) in [7, 11) is -4.08. The first-order chi connectivity index (χ1) is 18.0. The molecule has 1 atom stereocenters. The molecule has 9 heteroatoms. The van der Waals surface area contributed by atoms with Gasteiger partial charge in [0.1, 0.15) is 12.6 Å². The second-order valence-electron chi connectivity index (χ2n) is 9.34. The average Bonchev–Trinajstić information content (AvgIpc) is 2.90. The van der Waals surface area contributed by atoms with E-state index < -0.39 is 28.5 Å². The lowest BCUT2D eigenvalue weighted by Gasteiger charge is -2.32. The third-order valence-corrected chi connectivity index (χ3v) is 8.11. The van der Waals surface area contributed by atoms with Gasteiger partial charge >= 0.3 is 0 Å². The highest BCUT2D eigenvalue weighted by atomic mass is 35.5. The number of rotatable bonds is 11. The van der Waals surface area contributed by atoms with Crippen LogP contribution in [0.1, 0.15) is 38.8 Å². The van der Waals surface area contributed by atoms with E-state index in [1.165, 1.54) is 17.0 Å². The molecule has 0 aromatic heterocycles. The Kier molecular flexibility index (Phi) is 9.94. The zero-order chi connectivity index (χ0) is 27.9. The summed E-state index contributed by atoms with van der Waals surface area (Å²) in [6.45, 7) is 6.91. The van der Waals surface area contributed by atoms with Crippen LogP contribution in [0.15, 0.2) is 83.8 Å². The van der Waals surface area contributed by atoms with Gasteiger partial charge in [0.25, 0.3) is 10.0 Å². The monoisotopic (exact) mass is 555 g/mol. The SMILES string of the molecule is CCc1ccc(N(CC(=O)N(Cc2cccc(Cl)c2)C(C)C(=O)NC(C)C)S(=O)(=O)c2ccccc2)cc1. The van der Waals surface area contributed by atoms with Crippen molar-refractivity contribution >= 4 is 39.1 Å². The second kappa shape index (κ2) is 12.9. The van der Waals surface area contributed by atoms with Crippen molar-refractivity contribution in [3.63, 3.8) is 0 Å². The molecular formula is C29H34ClN3O4S. The smallest absolute Gasteiger partial charge is 0.264 e. The van der Waals surface area contributed by atoms with Crippen molar-refractivity contribution < 1.29 is 18.0 Å². The van der Waals surface area contributed by atoms with Gasteiger partial charge in [0.15, 0.2) is 0 Å². The first kappa shape index (κ1) is 29.2. The van der Waals surface area contributed by atoms with E-state index in [9.17, 15) is 18.0 Å². The topological polar surface area (TPSA) is 86.8 Å². The van der Waals surface area contributed by atoms with E-state index in [1.807, 2.05) is 32.9 Å². The van der Waals surface area contributed by atoms with Gasteiger partial charge in [0.2, 0.25) is 11.8 Å². The molecule has 3 aromatic carbocycles. The quantitative estimate of drug-likeness (QED) is 0.359. The molecule has 3 aromatic rings. The zero-order valence-corrected chi connectivity index (χ0v) is 23.7. The summed E-state index contributed by atoms with van der Waals surface area (Å²) in [5.41, 5.74) is 2.12. The molecule has 0 saturated carbocycles. The molecule has 7 nitrogen and oxygen atoms in total. The van der Waals surface area contributed by atoms with Crippen molar-refractivity contribution in [1.82, 2.24) is 10.2 Å². The molecule has 0 aliphatic carbocycles. The van der Waals surface area contributed by atoms with E-state index in [4.69, 9.17) is 11.6 Å². The van der Waals surface area contributed by atoms with Gasteiger partial charge in [-0.25, -0.2) is 8.42 Å².